The maximum absolute atomic E-state index is 14.0. The Morgan fingerprint density at radius 1 is 1.02 bits per heavy atom. The van der Waals surface area contributed by atoms with Crippen molar-refractivity contribution in [1.29, 1.82) is 0 Å². The summed E-state index contributed by atoms with van der Waals surface area (Å²) in [6.07, 6.45) is 0.518. The lowest BCUT2D eigenvalue weighted by Crippen LogP contribution is -2.29. The summed E-state index contributed by atoms with van der Waals surface area (Å²) in [4.78, 5) is 27.9. The van der Waals surface area contributed by atoms with Gasteiger partial charge in [-0.25, -0.2) is 5.01 Å². The van der Waals surface area contributed by atoms with Crippen molar-refractivity contribution in [1.82, 2.24) is 25.1 Å². The van der Waals surface area contributed by atoms with Gasteiger partial charge in [0.15, 0.2) is 22.5 Å². The van der Waals surface area contributed by atoms with Crippen molar-refractivity contribution in [2.75, 3.05) is 20.0 Å². The molecule has 3 heterocycles. The van der Waals surface area contributed by atoms with Crippen LogP contribution in [-0.4, -0.2) is 57.3 Å². The SMILES string of the molecule is COc1cccc([C@@H]2CC(c3cccs3)=NN2C(=O)CSc2nnc(CNC(=O)c3cccc(C)c3)n2-c2cccc(Cl)c2)c1OC. The number of thioether (sulfide) groups is 1. The van der Waals surface area contributed by atoms with E-state index in [1.54, 1.807) is 48.3 Å². The Balaban J connectivity index is 1.27. The lowest BCUT2D eigenvalue weighted by atomic mass is 9.99. The van der Waals surface area contributed by atoms with Crippen LogP contribution in [0.15, 0.2) is 94.5 Å². The number of halogens is 1. The molecule has 1 aliphatic rings. The van der Waals surface area contributed by atoms with E-state index in [4.69, 9.17) is 26.2 Å². The second-order valence-electron chi connectivity index (χ2n) is 10.6. The number of methoxy groups -OCH3 is 2. The minimum absolute atomic E-state index is 0.0261. The molecule has 0 saturated heterocycles. The fourth-order valence-corrected chi connectivity index (χ4v) is 7.10. The maximum atomic E-state index is 14.0. The van der Waals surface area contributed by atoms with Crippen LogP contribution < -0.4 is 14.8 Å². The maximum Gasteiger partial charge on any atom is 0.253 e. The number of amides is 2. The number of carbonyl (C=O) groups is 2. The highest BCUT2D eigenvalue weighted by atomic mass is 35.5. The number of carbonyl (C=O) groups excluding carboxylic acids is 2. The first kappa shape index (κ1) is 32.3. The molecule has 240 valence electrons. The first-order chi connectivity index (χ1) is 22.9. The molecular formula is C34H31ClN6O4S2. The van der Waals surface area contributed by atoms with E-state index in [1.165, 1.54) is 16.8 Å². The van der Waals surface area contributed by atoms with Gasteiger partial charge in [0.2, 0.25) is 0 Å². The van der Waals surface area contributed by atoms with Crippen LogP contribution in [0.4, 0.5) is 0 Å². The lowest BCUT2D eigenvalue weighted by molar-refractivity contribution is -0.130. The number of benzene rings is 3. The molecule has 0 bridgehead atoms. The number of nitrogens with zero attached hydrogens (tertiary/aromatic N) is 5. The van der Waals surface area contributed by atoms with Crippen LogP contribution >= 0.6 is 34.7 Å². The number of hydrogen-bond acceptors (Lipinski definition) is 9. The van der Waals surface area contributed by atoms with Gasteiger partial charge in [0.1, 0.15) is 0 Å². The zero-order valence-electron chi connectivity index (χ0n) is 25.8. The van der Waals surface area contributed by atoms with Crippen LogP contribution in [0.25, 0.3) is 5.69 Å². The van der Waals surface area contributed by atoms with Crippen LogP contribution in [0.5, 0.6) is 11.5 Å². The quantitative estimate of drug-likeness (QED) is 0.154. The number of rotatable bonds is 11. The molecule has 47 heavy (non-hydrogen) atoms. The lowest BCUT2D eigenvalue weighted by Gasteiger charge is -2.24. The molecule has 5 aromatic rings. The number of nitrogens with one attached hydrogen (secondary N) is 1. The highest BCUT2D eigenvalue weighted by Crippen LogP contribution is 2.42. The van der Waals surface area contributed by atoms with Crippen LogP contribution in [0.1, 0.15) is 44.6 Å². The van der Waals surface area contributed by atoms with E-state index in [0.717, 1.165) is 21.7 Å². The third-order valence-electron chi connectivity index (χ3n) is 7.54. The van der Waals surface area contributed by atoms with Crippen molar-refractivity contribution in [3.8, 4) is 17.2 Å². The van der Waals surface area contributed by atoms with Crippen LogP contribution in [0, 0.1) is 6.92 Å². The van der Waals surface area contributed by atoms with E-state index in [-0.39, 0.29) is 24.1 Å². The van der Waals surface area contributed by atoms with Crippen molar-refractivity contribution < 1.29 is 19.1 Å². The minimum atomic E-state index is -0.400. The van der Waals surface area contributed by atoms with Crippen molar-refractivity contribution in [2.24, 2.45) is 5.10 Å². The molecule has 0 radical (unpaired) electrons. The van der Waals surface area contributed by atoms with E-state index >= 15 is 0 Å². The van der Waals surface area contributed by atoms with E-state index in [0.29, 0.717) is 45.2 Å². The zero-order chi connectivity index (χ0) is 32.9. The first-order valence-electron chi connectivity index (χ1n) is 14.7. The van der Waals surface area contributed by atoms with Gasteiger partial charge in [-0.15, -0.1) is 21.5 Å². The number of ether oxygens (including phenoxy) is 2. The Morgan fingerprint density at radius 2 is 1.85 bits per heavy atom. The van der Waals surface area contributed by atoms with Crippen molar-refractivity contribution in [2.45, 2.75) is 31.1 Å². The van der Waals surface area contributed by atoms with Gasteiger partial charge >= 0.3 is 0 Å². The summed E-state index contributed by atoms with van der Waals surface area (Å²) in [5.74, 6) is 1.20. The van der Waals surface area contributed by atoms with Gasteiger partial charge in [0.05, 0.1) is 48.8 Å². The Labute approximate surface area is 285 Å². The summed E-state index contributed by atoms with van der Waals surface area (Å²) < 4.78 is 13.1. The molecule has 2 aromatic heterocycles. The minimum Gasteiger partial charge on any atom is -0.493 e. The molecule has 6 rings (SSSR count). The monoisotopic (exact) mass is 686 g/mol. The number of thiophene rings is 1. The number of aryl methyl sites for hydroxylation is 1. The van der Waals surface area contributed by atoms with Crippen LogP contribution in [0.2, 0.25) is 5.02 Å². The summed E-state index contributed by atoms with van der Waals surface area (Å²) in [5.41, 5.74) is 3.86. The number of aromatic nitrogens is 3. The summed E-state index contributed by atoms with van der Waals surface area (Å²) in [6, 6.07) is 23.8. The molecular weight excluding hydrogens is 656 g/mol. The number of hydrazone groups is 1. The predicted octanol–water partition coefficient (Wildman–Crippen LogP) is 6.71. The average molecular weight is 687 g/mol. The topological polar surface area (TPSA) is 111 Å². The summed E-state index contributed by atoms with van der Waals surface area (Å²) in [5, 5.41) is 21.0. The molecule has 1 N–H and O–H groups in total. The van der Waals surface area contributed by atoms with Crippen molar-refractivity contribution in [3.05, 3.63) is 117 Å². The second kappa shape index (κ2) is 14.4. The number of hydrogen-bond donors (Lipinski definition) is 1. The van der Waals surface area contributed by atoms with Gasteiger partial charge in [-0.2, -0.15) is 5.10 Å². The highest BCUT2D eigenvalue weighted by Gasteiger charge is 2.36. The molecule has 3 aromatic carbocycles. The molecule has 0 fully saturated rings. The third-order valence-corrected chi connectivity index (χ3v) is 9.61. The zero-order valence-corrected chi connectivity index (χ0v) is 28.2. The summed E-state index contributed by atoms with van der Waals surface area (Å²) >= 11 is 9.16. The average Bonchev–Trinajstić information content (AvgIpc) is 3.86. The Hall–Kier alpha value is -4.65. The Kier molecular flexibility index (Phi) is 9.90. The fourth-order valence-electron chi connectivity index (χ4n) is 5.37. The molecule has 10 nitrogen and oxygen atoms in total. The summed E-state index contributed by atoms with van der Waals surface area (Å²) in [6.45, 7) is 2.04. The van der Waals surface area contributed by atoms with Crippen molar-refractivity contribution in [3.63, 3.8) is 0 Å². The van der Waals surface area contributed by atoms with Gasteiger partial charge in [0.25, 0.3) is 11.8 Å². The third kappa shape index (κ3) is 7.04. The van der Waals surface area contributed by atoms with Crippen LogP contribution in [-0.2, 0) is 11.3 Å². The molecule has 1 atom stereocenters. The largest absolute Gasteiger partial charge is 0.493 e. The molecule has 13 heteroatoms. The van der Waals surface area contributed by atoms with Gasteiger partial charge in [-0.3, -0.25) is 14.2 Å². The van der Waals surface area contributed by atoms with Crippen LogP contribution in [0.3, 0.4) is 0 Å². The highest BCUT2D eigenvalue weighted by molar-refractivity contribution is 7.99. The summed E-state index contributed by atoms with van der Waals surface area (Å²) in [7, 11) is 3.17. The smallest absolute Gasteiger partial charge is 0.253 e. The van der Waals surface area contributed by atoms with Gasteiger partial charge in [-0.05, 0) is 54.8 Å². The van der Waals surface area contributed by atoms with Crippen molar-refractivity contribution >= 4 is 52.2 Å². The van der Waals surface area contributed by atoms with E-state index in [9.17, 15) is 9.59 Å². The fraction of sp³-hybridized carbons (Fsp3) is 0.206. The second-order valence-corrected chi connectivity index (χ2v) is 12.9. The molecule has 0 aliphatic carbocycles. The molecule has 2 amide bonds. The van der Waals surface area contributed by atoms with E-state index in [1.807, 2.05) is 73.0 Å². The molecule has 0 unspecified atom stereocenters. The molecule has 0 saturated carbocycles. The normalized spacial score (nSPS) is 14.2. The predicted molar refractivity (Wildman–Crippen MR) is 184 cm³/mol. The standard InChI is InChI=1S/C34H31ClN6O4S2/c1-21-8-4-9-22(16-21)33(43)36-19-30-37-38-34(40(30)24-11-5-10-23(35)17-24)47-20-31(42)41-27(18-26(39-41)29-14-7-15-46-29)25-12-6-13-28(44-2)32(25)45-3/h4-17,27H,18-20H2,1-3H3,(H,36,43)/t27-/m0/s1. The van der Waals surface area contributed by atoms with E-state index in [2.05, 4.69) is 15.5 Å². The Bertz CT molecular complexity index is 1940. The Morgan fingerprint density at radius 3 is 2.60 bits per heavy atom. The van der Waals surface area contributed by atoms with E-state index < -0.39 is 6.04 Å². The van der Waals surface area contributed by atoms with Gasteiger partial charge < -0.3 is 14.8 Å². The van der Waals surface area contributed by atoms with Gasteiger partial charge in [0, 0.05) is 22.6 Å². The molecule has 1 aliphatic heterocycles. The molecule has 0 spiro atoms. The first-order valence-corrected chi connectivity index (χ1v) is 16.9. The van der Waals surface area contributed by atoms with Gasteiger partial charge in [-0.1, -0.05) is 65.3 Å². The number of para-hydroxylation sites is 1.